The largest absolute Gasteiger partial charge is 0.330 e. The quantitative estimate of drug-likeness (QED) is 0.417. The maximum Gasteiger partial charge on any atom is 0.0901 e. The molecule has 0 amide bonds. The van der Waals surface area contributed by atoms with Crippen LogP contribution in [0.4, 0.5) is 0 Å². The Labute approximate surface area is 118 Å². The molecule has 3 heteroatoms. The van der Waals surface area contributed by atoms with Gasteiger partial charge >= 0.3 is 0 Å². The number of hydrogen-bond acceptors (Lipinski definition) is 2. The molecule has 18 heavy (non-hydrogen) atoms. The lowest BCUT2D eigenvalue weighted by Crippen LogP contribution is -2.53. The van der Waals surface area contributed by atoms with Crippen LogP contribution in [0.5, 0.6) is 0 Å². The van der Waals surface area contributed by atoms with E-state index in [0.717, 1.165) is 30.8 Å². The second-order valence-corrected chi connectivity index (χ2v) is 5.86. The minimum absolute atomic E-state index is 0.882. The number of nitrogens with zero attached hydrogens (tertiary/aromatic N) is 1. The molecular weight excluding hydrogens is 242 g/mol. The van der Waals surface area contributed by atoms with Gasteiger partial charge in [0.1, 0.15) is 0 Å². The second kappa shape index (κ2) is 10.9. The highest BCUT2D eigenvalue weighted by Gasteiger charge is 2.28. The highest BCUT2D eigenvalue weighted by Crippen LogP contribution is 2.21. The lowest BCUT2D eigenvalue weighted by atomic mass is 10.1. The molecule has 1 saturated heterocycles. The standard InChI is InChI=1S/C13H25NOS.C2H6/c1-13(2)7-6-10-14(11-12-16-15)8-4-3-5-9-14;1-2/h1,3-12H2,2H3;1-2H3/p+1. The van der Waals surface area contributed by atoms with E-state index >= 15 is 0 Å². The molecule has 1 aliphatic rings. The van der Waals surface area contributed by atoms with Crippen LogP contribution in [0.2, 0.25) is 0 Å². The summed E-state index contributed by atoms with van der Waals surface area (Å²) in [4.78, 5) is 0. The summed E-state index contributed by atoms with van der Waals surface area (Å²) in [7, 11) is 0. The molecule has 0 aromatic heterocycles. The van der Waals surface area contributed by atoms with Gasteiger partial charge in [-0.05, 0) is 44.6 Å². The Morgan fingerprint density at radius 2 is 1.78 bits per heavy atom. The fourth-order valence-corrected chi connectivity index (χ4v) is 3.16. The van der Waals surface area contributed by atoms with Gasteiger partial charge in [-0.15, -0.1) is 6.58 Å². The van der Waals surface area contributed by atoms with E-state index in [2.05, 4.69) is 13.5 Å². The van der Waals surface area contributed by atoms with Crippen LogP contribution < -0.4 is 0 Å². The van der Waals surface area contributed by atoms with Gasteiger partial charge in [-0.1, -0.05) is 19.4 Å². The maximum atomic E-state index is 8.92. The van der Waals surface area contributed by atoms with Gasteiger partial charge in [0, 0.05) is 6.42 Å². The minimum atomic E-state index is 0.882. The molecule has 1 fully saturated rings. The highest BCUT2D eigenvalue weighted by molar-refractivity contribution is 7.93. The fraction of sp³-hybridized carbons (Fsp3) is 0.867. The molecule has 0 saturated carbocycles. The van der Waals surface area contributed by atoms with Crippen LogP contribution in [0.3, 0.4) is 0 Å². The first-order valence-electron chi connectivity index (χ1n) is 7.44. The Morgan fingerprint density at radius 1 is 1.17 bits per heavy atom. The molecule has 1 rings (SSSR count). The van der Waals surface area contributed by atoms with Gasteiger partial charge in [-0.25, -0.2) is 0 Å². The molecule has 1 heterocycles. The van der Waals surface area contributed by atoms with Crippen molar-refractivity contribution in [2.24, 2.45) is 0 Å². The molecule has 0 bridgehead atoms. The topological polar surface area (TPSA) is 20.2 Å². The van der Waals surface area contributed by atoms with E-state index in [-0.39, 0.29) is 0 Å². The summed E-state index contributed by atoms with van der Waals surface area (Å²) >= 11 is 1.00. The molecule has 0 radical (unpaired) electrons. The van der Waals surface area contributed by atoms with Crippen molar-refractivity contribution in [3.05, 3.63) is 12.2 Å². The Balaban J connectivity index is 0.00000137. The van der Waals surface area contributed by atoms with Crippen molar-refractivity contribution in [1.82, 2.24) is 0 Å². The lowest BCUT2D eigenvalue weighted by Gasteiger charge is -2.41. The van der Waals surface area contributed by atoms with Crippen molar-refractivity contribution < 1.29 is 9.04 Å². The molecule has 0 aromatic rings. The van der Waals surface area contributed by atoms with E-state index in [4.69, 9.17) is 4.55 Å². The number of hydrogen-bond donors (Lipinski definition) is 1. The predicted molar refractivity (Wildman–Crippen MR) is 84.1 cm³/mol. The molecule has 0 spiro atoms. The monoisotopic (exact) mass is 274 g/mol. The number of allylic oxidation sites excluding steroid dienone is 1. The van der Waals surface area contributed by atoms with Crippen molar-refractivity contribution in [3.8, 4) is 0 Å². The van der Waals surface area contributed by atoms with E-state index in [1.807, 2.05) is 13.8 Å². The number of likely N-dealkylation sites (tertiary alicyclic amines) is 1. The molecule has 1 N–H and O–H groups in total. The molecule has 0 aromatic carbocycles. The van der Waals surface area contributed by atoms with Crippen LogP contribution in [0.25, 0.3) is 0 Å². The van der Waals surface area contributed by atoms with Crippen molar-refractivity contribution in [2.75, 3.05) is 31.9 Å². The number of quaternary nitrogens is 1. The van der Waals surface area contributed by atoms with Crippen LogP contribution in [0.15, 0.2) is 12.2 Å². The van der Waals surface area contributed by atoms with E-state index in [0.29, 0.717) is 0 Å². The zero-order valence-electron chi connectivity index (χ0n) is 12.6. The van der Waals surface area contributed by atoms with Crippen LogP contribution in [0.1, 0.15) is 52.9 Å². The SMILES string of the molecule is C=C(C)CCC[N+]1(CCSO)CCCCC1.CC. The third kappa shape index (κ3) is 7.45. The smallest absolute Gasteiger partial charge is 0.0901 e. The van der Waals surface area contributed by atoms with Crippen molar-refractivity contribution in [2.45, 2.75) is 52.9 Å². The summed E-state index contributed by atoms with van der Waals surface area (Å²) in [6.45, 7) is 15.1. The van der Waals surface area contributed by atoms with Gasteiger partial charge in [0.2, 0.25) is 0 Å². The Morgan fingerprint density at radius 3 is 2.28 bits per heavy atom. The predicted octanol–water partition coefficient (Wildman–Crippen LogP) is 4.58. The van der Waals surface area contributed by atoms with Gasteiger partial charge in [-0.3, -0.25) is 0 Å². The zero-order valence-corrected chi connectivity index (χ0v) is 13.4. The molecule has 0 atom stereocenters. The van der Waals surface area contributed by atoms with Gasteiger partial charge in [0.05, 0.1) is 31.9 Å². The minimum Gasteiger partial charge on any atom is -0.330 e. The van der Waals surface area contributed by atoms with E-state index in [1.54, 1.807) is 0 Å². The van der Waals surface area contributed by atoms with Gasteiger partial charge in [-0.2, -0.15) is 0 Å². The first-order valence-corrected chi connectivity index (χ1v) is 8.39. The molecule has 2 nitrogen and oxygen atoms in total. The Bertz CT molecular complexity index is 213. The summed E-state index contributed by atoms with van der Waals surface area (Å²) in [5.74, 6) is 0.882. The molecule has 0 unspecified atom stereocenters. The summed E-state index contributed by atoms with van der Waals surface area (Å²) in [6.07, 6.45) is 6.54. The normalized spacial score (nSPS) is 17.8. The molecule has 108 valence electrons. The van der Waals surface area contributed by atoms with Crippen LogP contribution >= 0.6 is 12.0 Å². The van der Waals surface area contributed by atoms with Gasteiger partial charge in [0.15, 0.2) is 0 Å². The van der Waals surface area contributed by atoms with Crippen molar-refractivity contribution >= 4 is 12.0 Å². The number of rotatable bonds is 7. The lowest BCUT2D eigenvalue weighted by molar-refractivity contribution is -0.930. The van der Waals surface area contributed by atoms with Gasteiger partial charge < -0.3 is 9.04 Å². The summed E-state index contributed by atoms with van der Waals surface area (Å²) in [6, 6.07) is 0. The highest BCUT2D eigenvalue weighted by atomic mass is 32.2. The average Bonchev–Trinajstić information content (AvgIpc) is 2.39. The van der Waals surface area contributed by atoms with E-state index < -0.39 is 0 Å². The first kappa shape index (κ1) is 18.0. The molecule has 1 aliphatic heterocycles. The van der Waals surface area contributed by atoms with E-state index in [9.17, 15) is 0 Å². The fourth-order valence-electron chi connectivity index (χ4n) is 2.69. The number of piperidine rings is 1. The average molecular weight is 274 g/mol. The summed E-state index contributed by atoms with van der Waals surface area (Å²) in [5, 5.41) is 0. The Hall–Kier alpha value is 0.01000. The van der Waals surface area contributed by atoms with E-state index in [1.165, 1.54) is 55.4 Å². The zero-order chi connectivity index (χ0) is 13.9. The third-order valence-electron chi connectivity index (χ3n) is 3.66. The van der Waals surface area contributed by atoms with Crippen molar-refractivity contribution in [3.63, 3.8) is 0 Å². The van der Waals surface area contributed by atoms with Crippen LogP contribution in [0, 0.1) is 0 Å². The first-order chi connectivity index (χ1) is 8.68. The molecular formula is C15H32NOS+. The van der Waals surface area contributed by atoms with Crippen LogP contribution in [-0.4, -0.2) is 41.0 Å². The summed E-state index contributed by atoms with van der Waals surface area (Å²) < 4.78 is 10.2. The van der Waals surface area contributed by atoms with Crippen LogP contribution in [-0.2, 0) is 0 Å². The van der Waals surface area contributed by atoms with Gasteiger partial charge in [0.25, 0.3) is 0 Å². The maximum absolute atomic E-state index is 8.92. The Kier molecular flexibility index (Phi) is 10.9. The third-order valence-corrected chi connectivity index (χ3v) is 4.02. The second-order valence-electron chi connectivity index (χ2n) is 5.19. The van der Waals surface area contributed by atoms with Crippen molar-refractivity contribution in [1.29, 1.82) is 0 Å². The molecule has 0 aliphatic carbocycles. The summed E-state index contributed by atoms with van der Waals surface area (Å²) in [5.41, 5.74) is 1.30.